The molecule has 0 heterocycles. The monoisotopic (exact) mass is 244 g/mol. The van der Waals surface area contributed by atoms with E-state index in [9.17, 15) is 9.18 Å². The summed E-state index contributed by atoms with van der Waals surface area (Å²) < 4.78 is 13.2. The average Bonchev–Trinajstić information content (AvgIpc) is 2.08. The molecule has 0 bridgehead atoms. The van der Waals surface area contributed by atoms with Crippen molar-refractivity contribution in [1.29, 1.82) is 0 Å². The van der Waals surface area contributed by atoms with E-state index in [2.05, 4.69) is 0 Å². The lowest BCUT2D eigenvalue weighted by molar-refractivity contribution is -0.138. The molecule has 2 nitrogen and oxygen atoms in total. The molecule has 0 aromatic heterocycles. The molecular formula is C12H14ClFO2. The molecule has 0 saturated carbocycles. The minimum absolute atomic E-state index is 0.0181. The second-order valence-electron chi connectivity index (χ2n) is 4.54. The minimum atomic E-state index is -0.884. The Balaban J connectivity index is 3.22. The van der Waals surface area contributed by atoms with E-state index in [0.717, 1.165) is 5.56 Å². The van der Waals surface area contributed by atoms with E-state index in [1.54, 1.807) is 20.8 Å². The van der Waals surface area contributed by atoms with Crippen molar-refractivity contribution in [2.45, 2.75) is 32.6 Å². The summed E-state index contributed by atoms with van der Waals surface area (Å²) >= 11 is 5.71. The molecule has 0 unspecified atom stereocenters. The number of aliphatic carboxylic acids is 1. The fraction of sp³-hybridized carbons (Fsp3) is 0.417. The topological polar surface area (TPSA) is 37.3 Å². The fourth-order valence-electron chi connectivity index (χ4n) is 1.85. The summed E-state index contributed by atoms with van der Waals surface area (Å²) in [5.74, 6) is -1.36. The third kappa shape index (κ3) is 2.73. The lowest BCUT2D eigenvalue weighted by Gasteiger charge is -2.25. The highest BCUT2D eigenvalue weighted by molar-refractivity contribution is 6.30. The fourth-order valence-corrected chi connectivity index (χ4v) is 2.01. The molecular weight excluding hydrogens is 231 g/mol. The second kappa shape index (κ2) is 4.42. The Bertz CT molecular complexity index is 427. The van der Waals surface area contributed by atoms with E-state index >= 15 is 0 Å². The zero-order chi connectivity index (χ0) is 12.5. The molecule has 4 heteroatoms. The molecule has 0 atom stereocenters. The van der Waals surface area contributed by atoms with Crippen molar-refractivity contribution in [3.63, 3.8) is 0 Å². The number of rotatable bonds is 3. The number of carboxylic acid groups (broad SMARTS) is 1. The van der Waals surface area contributed by atoms with Gasteiger partial charge in [-0.15, -0.1) is 0 Å². The van der Waals surface area contributed by atoms with Crippen molar-refractivity contribution < 1.29 is 14.3 Å². The molecule has 0 spiro atoms. The molecule has 0 aliphatic rings. The predicted octanol–water partition coefficient (Wildman–Crippen LogP) is 3.54. The predicted molar refractivity (Wildman–Crippen MR) is 61.4 cm³/mol. The Morgan fingerprint density at radius 2 is 2.06 bits per heavy atom. The van der Waals surface area contributed by atoms with Crippen LogP contribution < -0.4 is 0 Å². The lowest BCUT2D eigenvalue weighted by Crippen LogP contribution is -2.23. The van der Waals surface area contributed by atoms with Crippen LogP contribution in [0.3, 0.4) is 0 Å². The van der Waals surface area contributed by atoms with Gasteiger partial charge in [-0.05, 0) is 30.2 Å². The highest BCUT2D eigenvalue weighted by Gasteiger charge is 2.26. The van der Waals surface area contributed by atoms with Crippen molar-refractivity contribution in [1.82, 2.24) is 0 Å². The Morgan fingerprint density at radius 1 is 1.50 bits per heavy atom. The Hall–Kier alpha value is -1.09. The van der Waals surface area contributed by atoms with E-state index in [1.165, 1.54) is 12.1 Å². The number of hydrogen-bond donors (Lipinski definition) is 1. The van der Waals surface area contributed by atoms with Gasteiger partial charge in [0.05, 0.1) is 11.4 Å². The molecule has 0 fully saturated rings. The van der Waals surface area contributed by atoms with Crippen molar-refractivity contribution in [3.8, 4) is 0 Å². The zero-order valence-corrected chi connectivity index (χ0v) is 10.2. The summed E-state index contributed by atoms with van der Waals surface area (Å²) in [6.45, 7) is 5.35. The maximum atomic E-state index is 13.2. The normalized spacial score (nSPS) is 11.6. The van der Waals surface area contributed by atoms with E-state index in [0.29, 0.717) is 5.56 Å². The summed E-state index contributed by atoms with van der Waals surface area (Å²) in [6, 6.07) is 2.84. The number of aryl methyl sites for hydroxylation is 1. The van der Waals surface area contributed by atoms with Gasteiger partial charge in [0.25, 0.3) is 0 Å². The third-order valence-electron chi connectivity index (χ3n) is 2.59. The molecule has 1 N–H and O–H groups in total. The smallest absolute Gasteiger partial charge is 0.304 e. The summed E-state index contributed by atoms with van der Waals surface area (Å²) in [5, 5.41) is 8.85. The number of benzene rings is 1. The van der Waals surface area contributed by atoms with Gasteiger partial charge in [0.1, 0.15) is 5.82 Å². The third-order valence-corrected chi connectivity index (χ3v) is 2.88. The lowest BCUT2D eigenvalue weighted by atomic mass is 9.79. The molecule has 0 amide bonds. The molecule has 0 aliphatic carbocycles. The van der Waals surface area contributed by atoms with Crippen LogP contribution in [0.15, 0.2) is 12.1 Å². The van der Waals surface area contributed by atoms with Gasteiger partial charge in [-0.2, -0.15) is 0 Å². The van der Waals surface area contributed by atoms with Crippen molar-refractivity contribution >= 4 is 17.6 Å². The average molecular weight is 245 g/mol. The zero-order valence-electron chi connectivity index (χ0n) is 9.47. The van der Waals surface area contributed by atoms with Gasteiger partial charge in [-0.25, -0.2) is 4.39 Å². The van der Waals surface area contributed by atoms with Gasteiger partial charge in [0.15, 0.2) is 0 Å². The van der Waals surface area contributed by atoms with Gasteiger partial charge in [-0.1, -0.05) is 25.4 Å². The largest absolute Gasteiger partial charge is 0.481 e. The van der Waals surface area contributed by atoms with Crippen molar-refractivity contribution in [2.24, 2.45) is 0 Å². The van der Waals surface area contributed by atoms with Gasteiger partial charge >= 0.3 is 5.97 Å². The number of halogens is 2. The van der Waals surface area contributed by atoms with Crippen LogP contribution in [-0.4, -0.2) is 11.1 Å². The van der Waals surface area contributed by atoms with Crippen molar-refractivity contribution in [2.75, 3.05) is 0 Å². The SMILES string of the molecule is Cc1cc(F)c(Cl)cc1C(C)(C)CC(=O)O. The molecule has 0 radical (unpaired) electrons. The van der Waals surface area contributed by atoms with Gasteiger partial charge in [0.2, 0.25) is 0 Å². The van der Waals surface area contributed by atoms with Crippen LogP contribution in [0.5, 0.6) is 0 Å². The second-order valence-corrected chi connectivity index (χ2v) is 4.94. The van der Waals surface area contributed by atoms with Gasteiger partial charge in [0, 0.05) is 5.41 Å². The Labute approximate surface area is 99.0 Å². The Kier molecular flexibility index (Phi) is 3.58. The first kappa shape index (κ1) is 13.0. The van der Waals surface area contributed by atoms with E-state index in [1.807, 2.05) is 0 Å². The molecule has 1 aromatic rings. The molecule has 0 aliphatic heterocycles. The van der Waals surface area contributed by atoms with Crippen LogP contribution >= 0.6 is 11.6 Å². The minimum Gasteiger partial charge on any atom is -0.481 e. The summed E-state index contributed by atoms with van der Waals surface area (Å²) in [4.78, 5) is 10.7. The molecule has 1 aromatic carbocycles. The van der Waals surface area contributed by atoms with Gasteiger partial charge < -0.3 is 5.11 Å². The van der Waals surface area contributed by atoms with Crippen LogP contribution in [0.2, 0.25) is 5.02 Å². The van der Waals surface area contributed by atoms with Crippen LogP contribution in [0.1, 0.15) is 31.4 Å². The van der Waals surface area contributed by atoms with Crippen LogP contribution in [0.4, 0.5) is 4.39 Å². The maximum Gasteiger partial charge on any atom is 0.304 e. The maximum absolute atomic E-state index is 13.2. The van der Waals surface area contributed by atoms with Crippen molar-refractivity contribution in [3.05, 3.63) is 34.1 Å². The number of hydrogen-bond acceptors (Lipinski definition) is 1. The highest BCUT2D eigenvalue weighted by Crippen LogP contribution is 2.32. The van der Waals surface area contributed by atoms with E-state index < -0.39 is 17.2 Å². The van der Waals surface area contributed by atoms with Crippen LogP contribution in [0.25, 0.3) is 0 Å². The van der Waals surface area contributed by atoms with Gasteiger partial charge in [-0.3, -0.25) is 4.79 Å². The molecule has 88 valence electrons. The number of carboxylic acids is 1. The van der Waals surface area contributed by atoms with Crippen LogP contribution in [0, 0.1) is 12.7 Å². The summed E-state index contributed by atoms with van der Waals surface area (Å²) in [5.41, 5.74) is 0.919. The van der Waals surface area contributed by atoms with Crippen LogP contribution in [-0.2, 0) is 10.2 Å². The summed E-state index contributed by atoms with van der Waals surface area (Å²) in [7, 11) is 0. The quantitative estimate of drug-likeness (QED) is 0.883. The molecule has 0 saturated heterocycles. The summed E-state index contributed by atoms with van der Waals surface area (Å²) in [6.07, 6.45) is -0.0181. The standard InChI is InChI=1S/C12H14ClFO2/c1-7-4-10(14)9(13)5-8(7)12(2,3)6-11(15)16/h4-5H,6H2,1-3H3,(H,15,16). The number of carbonyl (C=O) groups is 1. The highest BCUT2D eigenvalue weighted by atomic mass is 35.5. The molecule has 1 rings (SSSR count). The van der Waals surface area contributed by atoms with E-state index in [-0.39, 0.29) is 11.4 Å². The Morgan fingerprint density at radius 3 is 2.56 bits per heavy atom. The first-order chi connectivity index (χ1) is 7.24. The first-order valence-electron chi connectivity index (χ1n) is 4.92. The van der Waals surface area contributed by atoms with E-state index in [4.69, 9.17) is 16.7 Å². The molecule has 16 heavy (non-hydrogen) atoms. The first-order valence-corrected chi connectivity index (χ1v) is 5.30.